The molecular weight excluding hydrogens is 216 g/mol. The van der Waals surface area contributed by atoms with Gasteiger partial charge in [0, 0.05) is 20.4 Å². The predicted molar refractivity (Wildman–Crippen MR) is 27.1 cm³/mol. The average Bonchev–Trinajstić information content (AvgIpc) is 1.84. The number of nitrogens with two attached hydrogens (primary N) is 1. The first-order valence-electron chi connectivity index (χ1n) is 2.16. The maximum Gasteiger partial charge on any atom is 0.325 e. The number of aliphatic hydroxyl groups excluding tert-OH is 1. The first kappa shape index (κ1) is 11.8. The van der Waals surface area contributed by atoms with E-state index in [1.807, 2.05) is 0 Å². The van der Waals surface area contributed by atoms with Gasteiger partial charge in [0.2, 0.25) is 0 Å². The number of rotatable bonds is 2. The topological polar surface area (TPSA) is 72.5 Å². The van der Waals surface area contributed by atoms with Crippen LogP contribution in [0.25, 0.3) is 0 Å². The fourth-order valence-corrected chi connectivity index (χ4v) is 0.226. The van der Waals surface area contributed by atoms with Gasteiger partial charge in [-0.15, -0.1) is 0 Å². The van der Waals surface area contributed by atoms with Crippen molar-refractivity contribution >= 4 is 5.97 Å². The van der Waals surface area contributed by atoms with Crippen LogP contribution in [0.5, 0.6) is 0 Å². The average molecular weight is 226 g/mol. The second-order valence-electron chi connectivity index (χ2n) is 1.31. The molecule has 0 aromatic rings. The Morgan fingerprint density at radius 2 is 2.33 bits per heavy atom. The molecule has 0 aliphatic carbocycles. The number of carbonyl (C=O) groups excluding carboxylic acids is 1. The Morgan fingerprint density at radius 3 is 2.44 bits per heavy atom. The summed E-state index contributed by atoms with van der Waals surface area (Å²) in [5, 5.41) is 8.21. The Morgan fingerprint density at radius 1 is 1.89 bits per heavy atom. The summed E-state index contributed by atoms with van der Waals surface area (Å²) in [6.07, 6.45) is 0. The van der Waals surface area contributed by atoms with Crippen LogP contribution < -0.4 is 5.73 Å². The third-order valence-corrected chi connectivity index (χ3v) is 0.701. The molecule has 5 heteroatoms. The summed E-state index contributed by atoms with van der Waals surface area (Å²) in [6.45, 7) is -0.368. The van der Waals surface area contributed by atoms with E-state index in [2.05, 4.69) is 4.74 Å². The van der Waals surface area contributed by atoms with Gasteiger partial charge in [0.1, 0.15) is 6.04 Å². The van der Waals surface area contributed by atoms with Crippen LogP contribution in [0.3, 0.4) is 0 Å². The minimum atomic E-state index is -0.889. The van der Waals surface area contributed by atoms with Crippen molar-refractivity contribution in [2.45, 2.75) is 6.04 Å². The maximum atomic E-state index is 10.2. The zero-order valence-electron chi connectivity index (χ0n) is 4.94. The quantitative estimate of drug-likeness (QED) is 0.442. The number of ether oxygens (including phenoxy) is 1. The summed E-state index contributed by atoms with van der Waals surface area (Å²) in [6, 6.07) is -0.889. The molecule has 0 spiro atoms. The summed E-state index contributed by atoms with van der Waals surface area (Å²) in [7, 11) is 1.22. The zero-order valence-corrected chi connectivity index (χ0v) is 6.50. The third kappa shape index (κ3) is 4.55. The van der Waals surface area contributed by atoms with Crippen LogP contribution in [0.4, 0.5) is 0 Å². The van der Waals surface area contributed by atoms with Gasteiger partial charge in [0.05, 0.1) is 13.7 Å². The molecule has 0 aromatic heterocycles. The number of methoxy groups -OCH3 is 1. The van der Waals surface area contributed by atoms with Crippen molar-refractivity contribution in [3.05, 3.63) is 0 Å². The van der Waals surface area contributed by atoms with E-state index in [4.69, 9.17) is 10.8 Å². The van der Waals surface area contributed by atoms with Crippen LogP contribution in [0.15, 0.2) is 0 Å². The minimum absolute atomic E-state index is 0. The summed E-state index contributed by atoms with van der Waals surface area (Å²) in [5.74, 6) is -0.590. The first-order valence-corrected chi connectivity index (χ1v) is 2.16. The van der Waals surface area contributed by atoms with Gasteiger partial charge < -0.3 is 15.6 Å². The molecule has 0 amide bonds. The van der Waals surface area contributed by atoms with Gasteiger partial charge >= 0.3 is 5.97 Å². The Hall–Kier alpha value is 0.0523. The molecule has 9 heavy (non-hydrogen) atoms. The van der Waals surface area contributed by atoms with Crippen LogP contribution in [0.2, 0.25) is 0 Å². The van der Waals surface area contributed by atoms with E-state index < -0.39 is 12.0 Å². The second-order valence-corrected chi connectivity index (χ2v) is 1.31. The smallest absolute Gasteiger partial charge is 0.325 e. The Bertz CT molecular complexity index is 87.9. The fourth-order valence-electron chi connectivity index (χ4n) is 0.226. The molecule has 3 N–H and O–H groups in total. The van der Waals surface area contributed by atoms with Gasteiger partial charge in [-0.25, -0.2) is 0 Å². The molecule has 0 radical (unpaired) electrons. The molecule has 0 saturated carbocycles. The number of hydrogen-bond donors (Lipinski definition) is 2. The standard InChI is InChI=1S/C4H9NO3.Pd/c1-8-4(7)3(5)2-6;/h3,6H,2,5H2,1H3;/t3-;/m0./s1. The van der Waals surface area contributed by atoms with Crippen LogP contribution >= 0.6 is 0 Å². The van der Waals surface area contributed by atoms with E-state index >= 15 is 0 Å². The molecule has 0 heterocycles. The van der Waals surface area contributed by atoms with Crippen molar-refractivity contribution in [1.29, 1.82) is 0 Å². The van der Waals surface area contributed by atoms with Crippen molar-refractivity contribution in [3.8, 4) is 0 Å². The second kappa shape index (κ2) is 6.18. The van der Waals surface area contributed by atoms with Gasteiger partial charge in [0.25, 0.3) is 0 Å². The van der Waals surface area contributed by atoms with Crippen LogP contribution in [-0.2, 0) is 30.0 Å². The van der Waals surface area contributed by atoms with E-state index in [1.165, 1.54) is 7.11 Å². The summed E-state index contributed by atoms with van der Waals surface area (Å²) < 4.78 is 4.18. The summed E-state index contributed by atoms with van der Waals surface area (Å²) >= 11 is 0. The molecule has 0 aromatic carbocycles. The molecule has 0 rings (SSSR count). The summed E-state index contributed by atoms with van der Waals surface area (Å²) in [4.78, 5) is 10.2. The van der Waals surface area contributed by atoms with Gasteiger partial charge in [-0.2, -0.15) is 0 Å². The molecule has 0 aliphatic heterocycles. The molecule has 0 bridgehead atoms. The van der Waals surface area contributed by atoms with Crippen LogP contribution in [0, 0.1) is 0 Å². The monoisotopic (exact) mass is 225 g/mol. The Balaban J connectivity index is 0. The fraction of sp³-hybridized carbons (Fsp3) is 0.750. The predicted octanol–water partition coefficient (Wildman–Crippen LogP) is -1.52. The van der Waals surface area contributed by atoms with Crippen molar-refractivity contribution in [3.63, 3.8) is 0 Å². The summed E-state index contributed by atoms with van der Waals surface area (Å²) in [5.41, 5.74) is 5.00. The number of esters is 1. The number of hydrogen-bond acceptors (Lipinski definition) is 4. The zero-order chi connectivity index (χ0) is 6.57. The molecule has 0 saturated heterocycles. The maximum absolute atomic E-state index is 10.2. The van der Waals surface area contributed by atoms with E-state index in [-0.39, 0.29) is 27.0 Å². The SMILES string of the molecule is COC(=O)[C@@H](N)CO.[Pd]. The molecule has 58 valence electrons. The molecule has 0 unspecified atom stereocenters. The van der Waals surface area contributed by atoms with E-state index in [0.717, 1.165) is 0 Å². The molecular formula is C4H9NO3Pd. The van der Waals surface area contributed by atoms with Gasteiger partial charge in [-0.05, 0) is 0 Å². The molecule has 0 fully saturated rings. The van der Waals surface area contributed by atoms with Crippen molar-refractivity contribution in [2.75, 3.05) is 13.7 Å². The van der Waals surface area contributed by atoms with Crippen LogP contribution in [0.1, 0.15) is 0 Å². The Labute approximate surface area is 67.0 Å². The first-order chi connectivity index (χ1) is 3.72. The number of aliphatic hydroxyl groups is 1. The Kier molecular flexibility index (Phi) is 8.10. The molecule has 0 aliphatic rings. The van der Waals surface area contributed by atoms with Crippen LogP contribution in [-0.4, -0.2) is 30.8 Å². The van der Waals surface area contributed by atoms with Gasteiger partial charge in [-0.3, -0.25) is 4.79 Å². The van der Waals surface area contributed by atoms with Crippen molar-refractivity contribution in [2.24, 2.45) is 5.73 Å². The largest absolute Gasteiger partial charge is 0.468 e. The van der Waals surface area contributed by atoms with Gasteiger partial charge in [0.15, 0.2) is 0 Å². The van der Waals surface area contributed by atoms with Crippen molar-refractivity contribution < 1.29 is 35.1 Å². The number of carbonyl (C=O) groups is 1. The van der Waals surface area contributed by atoms with E-state index in [0.29, 0.717) is 0 Å². The van der Waals surface area contributed by atoms with E-state index in [1.54, 1.807) is 0 Å². The third-order valence-electron chi connectivity index (χ3n) is 0.701. The van der Waals surface area contributed by atoms with Crippen molar-refractivity contribution in [1.82, 2.24) is 0 Å². The minimum Gasteiger partial charge on any atom is -0.468 e. The van der Waals surface area contributed by atoms with E-state index in [9.17, 15) is 4.79 Å². The molecule has 1 atom stereocenters. The molecule has 4 nitrogen and oxygen atoms in total. The normalized spacial score (nSPS) is 11.4. The van der Waals surface area contributed by atoms with Gasteiger partial charge in [-0.1, -0.05) is 0 Å².